The van der Waals surface area contributed by atoms with Gasteiger partial charge in [-0.3, -0.25) is 0 Å². The van der Waals surface area contributed by atoms with Gasteiger partial charge < -0.3 is 48.1 Å². The molecule has 9 fully saturated rings. The van der Waals surface area contributed by atoms with Crippen molar-refractivity contribution in [2.75, 3.05) is 0 Å². The molecule has 20 atom stereocenters. The zero-order valence-electron chi connectivity index (χ0n) is 76.7. The van der Waals surface area contributed by atoms with E-state index < -0.39 is 0 Å². The van der Waals surface area contributed by atoms with Crippen LogP contribution in [0.4, 0.5) is 0 Å². The molecule has 0 radical (unpaired) electrons. The molecule has 118 heavy (non-hydrogen) atoms. The molecule has 9 saturated carbocycles. The minimum atomic E-state index is -0.160. The fourth-order valence-electron chi connectivity index (χ4n) is 21.2. The van der Waals surface area contributed by atoms with Gasteiger partial charge in [0.1, 0.15) is 34.5 Å². The van der Waals surface area contributed by atoms with E-state index in [-0.39, 0.29) is 36.7 Å². The van der Waals surface area contributed by atoms with Crippen LogP contribution in [0.25, 0.3) is 0 Å². The summed E-state index contributed by atoms with van der Waals surface area (Å²) in [7, 11) is 0. The van der Waals surface area contributed by atoms with Crippen LogP contribution in [0, 0.1) is 58.7 Å². The molecular weight excluding hydrogens is 1460 g/mol. The van der Waals surface area contributed by atoms with Gasteiger partial charge in [-0.2, -0.15) is 0 Å². The first kappa shape index (κ1) is 94.2. The molecule has 654 valence electrons. The van der Waals surface area contributed by atoms with Gasteiger partial charge >= 0.3 is 0 Å². The summed E-state index contributed by atoms with van der Waals surface area (Å²) in [4.78, 5) is 0. The summed E-state index contributed by atoms with van der Waals surface area (Å²) in [6, 6.07) is 49.3. The summed E-state index contributed by atoms with van der Waals surface area (Å²) in [5, 5.41) is 18.0. The molecule has 0 saturated heterocycles. The highest BCUT2D eigenvalue weighted by molar-refractivity contribution is 5.34. The molecule has 15 rings (SSSR count). The monoisotopic (exact) mass is 1620 g/mol. The predicted octanol–water partition coefficient (Wildman–Crippen LogP) is 30.5. The number of hydrogen-bond donors (Lipinski definition) is 2. The maximum absolute atomic E-state index is 9.01. The number of fused-ring (bicyclic) bond motifs is 10. The SMILES string of the molecule is CCC(C)c1ccc(O)cc1.CCC(C)c1ccc(O)cc1.CCC(C)c1ccc(OC(C)OC2CC3CC2C2CCCC32)cc1.CCC(C)c1ccc(OC(C)OC2CCCCC2)cc1.CCC(C)c1ccc(OC(OC(C)C)C2(C)CCCCC2)cc1.CCC(C)c1ccc(OC(OC2CC3CC2C2CCCC32)C2CCCCC2)cc1. The fraction of sp³-hybridized carbons (Fsp3) is 0.667. The summed E-state index contributed by atoms with van der Waals surface area (Å²) >= 11 is 0. The molecule has 2 N–H and O–H groups in total. The minimum Gasteiger partial charge on any atom is -0.508 e. The molecule has 0 heterocycles. The number of rotatable bonds is 30. The average Bonchev–Trinajstić information content (AvgIpc) is 1.61. The van der Waals surface area contributed by atoms with E-state index in [1.165, 1.54) is 213 Å². The summed E-state index contributed by atoms with van der Waals surface area (Å²) in [6.45, 7) is 37.3. The summed E-state index contributed by atoms with van der Waals surface area (Å²) in [5.74, 6) is 16.1. The zero-order chi connectivity index (χ0) is 84.3. The van der Waals surface area contributed by atoms with Gasteiger partial charge in [-0.1, -0.05) is 233 Å². The van der Waals surface area contributed by atoms with Crippen LogP contribution < -0.4 is 18.9 Å². The highest BCUT2D eigenvalue weighted by Crippen LogP contribution is 2.61. The van der Waals surface area contributed by atoms with Crippen molar-refractivity contribution in [3.63, 3.8) is 0 Å². The Morgan fingerprint density at radius 3 is 0.992 bits per heavy atom. The largest absolute Gasteiger partial charge is 0.508 e. The van der Waals surface area contributed by atoms with Crippen molar-refractivity contribution in [1.29, 1.82) is 0 Å². The van der Waals surface area contributed by atoms with E-state index in [4.69, 9.17) is 48.1 Å². The van der Waals surface area contributed by atoms with Crippen LogP contribution in [0.3, 0.4) is 0 Å². The summed E-state index contributed by atoms with van der Waals surface area (Å²) in [6.07, 6.45) is 41.3. The Bertz CT molecular complexity index is 3660. The van der Waals surface area contributed by atoms with E-state index in [1.54, 1.807) is 24.3 Å². The van der Waals surface area contributed by atoms with Crippen molar-refractivity contribution in [3.8, 4) is 34.5 Å². The second-order valence-electron chi connectivity index (χ2n) is 38.5. The third-order valence-electron chi connectivity index (χ3n) is 29.8. The Morgan fingerprint density at radius 1 is 0.314 bits per heavy atom. The average molecular weight is 1620 g/mol. The maximum Gasteiger partial charge on any atom is 0.205 e. The van der Waals surface area contributed by atoms with Crippen molar-refractivity contribution in [1.82, 2.24) is 0 Å². The molecule has 0 aliphatic heterocycles. The molecule has 0 aromatic heterocycles. The molecule has 0 amide bonds. The standard InChI is InChI=1S/C27H40O2.C22H32O2.C21H34O2.C18H28O2.2C10H14O/c1-3-18(2)19-12-14-22(15-13-19)28-27(20-8-5-4-6-9-20)29-26-17-21-16-25(26)24-11-7-10-23(21)24;1-4-14(2)16-8-10-18(11-9-16)23-15(3)24-22-13-17-12-21(22)20-7-5-6-19(17)20;1-6-17(4)18-10-12-19(13-11-18)23-20(22-16(2)3)21(5)14-8-7-9-15-21;1-4-14(2)16-10-12-18(13-11-16)20-15(3)19-17-8-6-5-7-9-17;2*1-3-8(2)9-4-6-10(11)7-5-9/h12-15,18,20-21,23-27H,3-11,16-17H2,1-2H3;8-11,14-15,17,19-22H,4-7,12-13H2,1-3H3;10-13,16-17,20H,6-9,14-15H2,1-5H3;10-15,17H,4-9H2,1-3H3;2*4-8,11H,3H2,1-2H3. The number of phenolic OH excluding ortho intramolecular Hbond substituents is 2. The number of benzene rings is 6. The van der Waals surface area contributed by atoms with Crippen LogP contribution in [0.2, 0.25) is 0 Å². The summed E-state index contributed by atoms with van der Waals surface area (Å²) in [5.41, 5.74) is 8.27. The van der Waals surface area contributed by atoms with E-state index in [0.717, 1.165) is 89.6 Å². The molecule has 6 aromatic carbocycles. The quantitative estimate of drug-likeness (QED) is 0.0423. The Balaban J connectivity index is 0.000000154. The highest BCUT2D eigenvalue weighted by atomic mass is 16.7. The van der Waals surface area contributed by atoms with Crippen molar-refractivity contribution in [2.45, 2.75) is 402 Å². The van der Waals surface area contributed by atoms with Gasteiger partial charge in [-0.25, -0.2) is 0 Å². The van der Waals surface area contributed by atoms with Crippen LogP contribution >= 0.6 is 0 Å². The topological polar surface area (TPSA) is 114 Å². The lowest BCUT2D eigenvalue weighted by Gasteiger charge is -2.40. The third-order valence-corrected chi connectivity index (χ3v) is 29.8. The van der Waals surface area contributed by atoms with Gasteiger partial charge in [-0.15, -0.1) is 0 Å². The van der Waals surface area contributed by atoms with E-state index in [9.17, 15) is 0 Å². The number of phenols is 2. The third kappa shape index (κ3) is 27.5. The highest BCUT2D eigenvalue weighted by Gasteiger charge is 2.56. The lowest BCUT2D eigenvalue weighted by Crippen LogP contribution is -2.42. The summed E-state index contributed by atoms with van der Waals surface area (Å²) < 4.78 is 50.2. The van der Waals surface area contributed by atoms with Crippen LogP contribution in [-0.4, -0.2) is 59.8 Å². The van der Waals surface area contributed by atoms with E-state index in [1.807, 2.05) is 31.2 Å². The zero-order valence-corrected chi connectivity index (χ0v) is 76.7. The molecule has 0 spiro atoms. The van der Waals surface area contributed by atoms with E-state index in [0.29, 0.717) is 71.2 Å². The van der Waals surface area contributed by atoms with Crippen molar-refractivity contribution >= 4 is 0 Å². The van der Waals surface area contributed by atoms with Gasteiger partial charge in [-0.05, 0) is 345 Å². The predicted molar refractivity (Wildman–Crippen MR) is 489 cm³/mol. The van der Waals surface area contributed by atoms with Crippen LogP contribution in [0.15, 0.2) is 146 Å². The lowest BCUT2D eigenvalue weighted by molar-refractivity contribution is -0.182. The maximum atomic E-state index is 9.01. The number of aromatic hydroxyl groups is 2. The lowest BCUT2D eigenvalue weighted by atomic mass is 9.75. The Morgan fingerprint density at radius 2 is 0.627 bits per heavy atom. The van der Waals surface area contributed by atoms with Crippen LogP contribution in [-0.2, 0) is 18.9 Å². The molecule has 10 nitrogen and oxygen atoms in total. The molecule has 20 unspecified atom stereocenters. The number of ether oxygens (including phenoxy) is 8. The smallest absolute Gasteiger partial charge is 0.205 e. The second kappa shape index (κ2) is 47.6. The molecule has 4 bridgehead atoms. The first-order valence-corrected chi connectivity index (χ1v) is 48.2. The van der Waals surface area contributed by atoms with E-state index >= 15 is 0 Å². The molecular formula is C108H162O10. The number of hydrogen-bond acceptors (Lipinski definition) is 10. The van der Waals surface area contributed by atoms with Gasteiger partial charge in [0.05, 0.1) is 24.4 Å². The fourth-order valence-corrected chi connectivity index (χ4v) is 21.2. The van der Waals surface area contributed by atoms with Crippen LogP contribution in [0.5, 0.6) is 34.5 Å². The molecule has 9 aliphatic rings. The second-order valence-corrected chi connectivity index (χ2v) is 38.5. The van der Waals surface area contributed by atoms with Gasteiger partial charge in [0.2, 0.25) is 12.6 Å². The van der Waals surface area contributed by atoms with Gasteiger partial charge in [0, 0.05) is 11.3 Å². The van der Waals surface area contributed by atoms with Crippen molar-refractivity contribution in [3.05, 3.63) is 179 Å². The van der Waals surface area contributed by atoms with Gasteiger partial charge in [0.15, 0.2) is 12.6 Å². The van der Waals surface area contributed by atoms with Crippen LogP contribution in [0.1, 0.15) is 386 Å². The normalized spacial score (nSPS) is 26.0. The Hall–Kier alpha value is -6.04. The molecule has 10 heteroatoms. The van der Waals surface area contributed by atoms with E-state index in [2.05, 4.69) is 208 Å². The van der Waals surface area contributed by atoms with Gasteiger partial charge in [0.25, 0.3) is 0 Å². The first-order valence-electron chi connectivity index (χ1n) is 48.2. The molecule has 9 aliphatic carbocycles. The minimum absolute atomic E-state index is 0.0473. The Labute approximate surface area is 717 Å². The van der Waals surface area contributed by atoms with Crippen molar-refractivity contribution < 1.29 is 48.1 Å². The Kier molecular flexibility index (Phi) is 38.0. The van der Waals surface area contributed by atoms with Crippen molar-refractivity contribution in [2.24, 2.45) is 58.7 Å². The molecule has 6 aromatic rings. The first-order chi connectivity index (χ1) is 57.0.